The molecule has 0 saturated heterocycles. The molecular weight excluding hydrogens is 248 g/mol. The SMILES string of the molecule is C[C@H](NC(=O)CC1(CN)CCCCC1)C1CCCCC1. The Morgan fingerprint density at radius 3 is 2.35 bits per heavy atom. The maximum Gasteiger partial charge on any atom is 0.220 e. The first-order valence-electron chi connectivity index (χ1n) is 8.65. The predicted octanol–water partition coefficient (Wildman–Crippen LogP) is 3.37. The molecule has 0 radical (unpaired) electrons. The highest BCUT2D eigenvalue weighted by atomic mass is 16.1. The van der Waals surface area contributed by atoms with Gasteiger partial charge in [0.25, 0.3) is 0 Å². The highest BCUT2D eigenvalue weighted by Gasteiger charge is 2.33. The van der Waals surface area contributed by atoms with Crippen LogP contribution in [0.3, 0.4) is 0 Å². The molecule has 2 rings (SSSR count). The summed E-state index contributed by atoms with van der Waals surface area (Å²) in [5.41, 5.74) is 6.07. The van der Waals surface area contributed by atoms with Crippen molar-refractivity contribution in [2.45, 2.75) is 83.6 Å². The van der Waals surface area contributed by atoms with Gasteiger partial charge in [-0.2, -0.15) is 0 Å². The summed E-state index contributed by atoms with van der Waals surface area (Å²) in [4.78, 5) is 12.4. The zero-order chi connectivity index (χ0) is 14.4. The number of nitrogens with two attached hydrogens (primary N) is 1. The van der Waals surface area contributed by atoms with Crippen molar-refractivity contribution in [3.8, 4) is 0 Å². The molecule has 0 bridgehead atoms. The summed E-state index contributed by atoms with van der Waals surface area (Å²) in [5.74, 6) is 0.920. The number of carbonyl (C=O) groups is 1. The molecule has 1 amide bonds. The van der Waals surface area contributed by atoms with Gasteiger partial charge >= 0.3 is 0 Å². The summed E-state index contributed by atoms with van der Waals surface area (Å²) in [6, 6.07) is 0.334. The van der Waals surface area contributed by atoms with E-state index in [2.05, 4.69) is 12.2 Å². The second-order valence-electron chi connectivity index (χ2n) is 7.20. The number of nitrogens with one attached hydrogen (secondary N) is 1. The van der Waals surface area contributed by atoms with Crippen molar-refractivity contribution >= 4 is 5.91 Å². The quantitative estimate of drug-likeness (QED) is 0.811. The molecule has 3 N–H and O–H groups in total. The van der Waals surface area contributed by atoms with Crippen molar-refractivity contribution in [3.63, 3.8) is 0 Å². The summed E-state index contributed by atoms with van der Waals surface area (Å²) in [5, 5.41) is 3.26. The van der Waals surface area contributed by atoms with Crippen LogP contribution < -0.4 is 11.1 Å². The topological polar surface area (TPSA) is 55.1 Å². The summed E-state index contributed by atoms with van der Waals surface area (Å²) in [7, 11) is 0. The minimum atomic E-state index is 0.0919. The maximum atomic E-state index is 12.4. The molecule has 0 aromatic heterocycles. The third-order valence-electron chi connectivity index (χ3n) is 5.63. The normalized spacial score (nSPS) is 25.1. The van der Waals surface area contributed by atoms with E-state index in [1.165, 1.54) is 51.4 Å². The average molecular weight is 280 g/mol. The summed E-state index contributed by atoms with van der Waals surface area (Å²) in [6.45, 7) is 2.85. The minimum Gasteiger partial charge on any atom is -0.353 e. The molecule has 3 heteroatoms. The average Bonchev–Trinajstić information content (AvgIpc) is 2.49. The Kier molecular flexibility index (Phi) is 5.88. The molecule has 116 valence electrons. The van der Waals surface area contributed by atoms with Gasteiger partial charge in [0.2, 0.25) is 5.91 Å². The predicted molar refractivity (Wildman–Crippen MR) is 83.4 cm³/mol. The number of hydrogen-bond acceptors (Lipinski definition) is 2. The number of carbonyl (C=O) groups excluding carboxylic acids is 1. The smallest absolute Gasteiger partial charge is 0.220 e. The van der Waals surface area contributed by atoms with E-state index in [0.29, 0.717) is 24.9 Å². The van der Waals surface area contributed by atoms with Crippen molar-refractivity contribution < 1.29 is 4.79 Å². The zero-order valence-corrected chi connectivity index (χ0v) is 13.1. The van der Waals surface area contributed by atoms with E-state index in [0.717, 1.165) is 12.8 Å². The van der Waals surface area contributed by atoms with E-state index in [1.54, 1.807) is 0 Å². The van der Waals surface area contributed by atoms with E-state index in [9.17, 15) is 4.79 Å². The van der Waals surface area contributed by atoms with Crippen molar-refractivity contribution in [2.24, 2.45) is 17.1 Å². The molecule has 0 unspecified atom stereocenters. The molecular formula is C17H32N2O. The van der Waals surface area contributed by atoms with Gasteiger partial charge in [0, 0.05) is 12.5 Å². The Morgan fingerprint density at radius 2 is 1.75 bits per heavy atom. The van der Waals surface area contributed by atoms with Crippen LogP contribution in [0.4, 0.5) is 0 Å². The van der Waals surface area contributed by atoms with Crippen LogP contribution in [0.5, 0.6) is 0 Å². The highest BCUT2D eigenvalue weighted by molar-refractivity contribution is 5.77. The van der Waals surface area contributed by atoms with Gasteiger partial charge in [0.1, 0.15) is 0 Å². The summed E-state index contributed by atoms with van der Waals surface area (Å²) >= 11 is 0. The Hall–Kier alpha value is -0.570. The van der Waals surface area contributed by atoms with Crippen molar-refractivity contribution in [3.05, 3.63) is 0 Å². The molecule has 0 spiro atoms. The molecule has 20 heavy (non-hydrogen) atoms. The zero-order valence-electron chi connectivity index (χ0n) is 13.1. The molecule has 2 aliphatic carbocycles. The molecule has 0 aromatic carbocycles. The van der Waals surface area contributed by atoms with Crippen LogP contribution in [0, 0.1) is 11.3 Å². The fourth-order valence-corrected chi connectivity index (χ4v) is 4.15. The molecule has 0 heterocycles. The minimum absolute atomic E-state index is 0.0919. The Morgan fingerprint density at radius 1 is 1.15 bits per heavy atom. The summed E-state index contributed by atoms with van der Waals surface area (Å²) in [6.07, 6.45) is 13.3. The van der Waals surface area contributed by atoms with Gasteiger partial charge in [0.05, 0.1) is 0 Å². The molecule has 2 aliphatic rings. The Balaban J connectivity index is 1.81. The molecule has 0 aliphatic heterocycles. The van der Waals surface area contributed by atoms with Gasteiger partial charge < -0.3 is 11.1 Å². The molecule has 3 nitrogen and oxygen atoms in total. The standard InChI is InChI=1S/C17H32N2O/c1-14(15-8-4-2-5-9-15)19-16(20)12-17(13-18)10-6-3-7-11-17/h14-15H,2-13,18H2,1H3,(H,19,20)/t14-/m0/s1. The monoisotopic (exact) mass is 280 g/mol. The maximum absolute atomic E-state index is 12.4. The first kappa shape index (κ1) is 15.8. The fourth-order valence-electron chi connectivity index (χ4n) is 4.15. The second-order valence-corrected chi connectivity index (χ2v) is 7.20. The first-order valence-corrected chi connectivity index (χ1v) is 8.65. The van der Waals surface area contributed by atoms with Gasteiger partial charge in [-0.3, -0.25) is 4.79 Å². The van der Waals surface area contributed by atoms with E-state index in [-0.39, 0.29) is 11.3 Å². The van der Waals surface area contributed by atoms with Crippen LogP contribution in [0.25, 0.3) is 0 Å². The van der Waals surface area contributed by atoms with Gasteiger partial charge in [-0.1, -0.05) is 38.5 Å². The Bertz CT molecular complexity index is 304. The van der Waals surface area contributed by atoms with E-state index in [1.807, 2.05) is 0 Å². The third kappa shape index (κ3) is 4.21. The van der Waals surface area contributed by atoms with Gasteiger partial charge in [-0.15, -0.1) is 0 Å². The van der Waals surface area contributed by atoms with Crippen LogP contribution in [0.2, 0.25) is 0 Å². The van der Waals surface area contributed by atoms with Gasteiger partial charge in [-0.05, 0) is 50.5 Å². The van der Waals surface area contributed by atoms with Crippen molar-refractivity contribution in [1.82, 2.24) is 5.32 Å². The van der Waals surface area contributed by atoms with Crippen LogP contribution in [0.1, 0.15) is 77.6 Å². The largest absolute Gasteiger partial charge is 0.353 e. The van der Waals surface area contributed by atoms with Crippen LogP contribution in [-0.4, -0.2) is 18.5 Å². The van der Waals surface area contributed by atoms with Crippen molar-refractivity contribution in [1.29, 1.82) is 0 Å². The van der Waals surface area contributed by atoms with E-state index in [4.69, 9.17) is 5.73 Å². The molecule has 1 atom stereocenters. The fraction of sp³-hybridized carbons (Fsp3) is 0.941. The lowest BCUT2D eigenvalue weighted by atomic mass is 9.71. The first-order chi connectivity index (χ1) is 9.65. The lowest BCUT2D eigenvalue weighted by Crippen LogP contribution is -2.43. The van der Waals surface area contributed by atoms with E-state index < -0.39 is 0 Å². The number of hydrogen-bond donors (Lipinski definition) is 2. The van der Waals surface area contributed by atoms with Crippen LogP contribution in [0.15, 0.2) is 0 Å². The van der Waals surface area contributed by atoms with Crippen LogP contribution >= 0.6 is 0 Å². The molecule has 0 aromatic rings. The lowest BCUT2D eigenvalue weighted by molar-refractivity contribution is -0.124. The Labute approximate surface area is 124 Å². The number of amides is 1. The highest BCUT2D eigenvalue weighted by Crippen LogP contribution is 2.38. The van der Waals surface area contributed by atoms with Gasteiger partial charge in [0.15, 0.2) is 0 Å². The van der Waals surface area contributed by atoms with Crippen LogP contribution in [-0.2, 0) is 4.79 Å². The third-order valence-corrected chi connectivity index (χ3v) is 5.63. The number of rotatable bonds is 5. The molecule has 2 fully saturated rings. The molecule has 2 saturated carbocycles. The lowest BCUT2D eigenvalue weighted by Gasteiger charge is -2.36. The summed E-state index contributed by atoms with van der Waals surface area (Å²) < 4.78 is 0. The second kappa shape index (κ2) is 7.44. The van der Waals surface area contributed by atoms with E-state index >= 15 is 0 Å². The van der Waals surface area contributed by atoms with Gasteiger partial charge in [-0.25, -0.2) is 0 Å². The van der Waals surface area contributed by atoms with Crippen molar-refractivity contribution in [2.75, 3.05) is 6.54 Å².